The van der Waals surface area contributed by atoms with Crippen LogP contribution >= 0.6 is 0 Å². The van der Waals surface area contributed by atoms with E-state index in [4.69, 9.17) is 20.1 Å². The number of rotatable bonds is 14. The van der Waals surface area contributed by atoms with Crippen LogP contribution in [0, 0.1) is 0 Å². The van der Waals surface area contributed by atoms with Crippen LogP contribution in [0.4, 0.5) is 0 Å². The molecule has 0 aliphatic rings. The molecule has 0 aromatic rings. The maximum absolute atomic E-state index is 11.5. The Kier molecular flexibility index (Phi) is 12.5. The van der Waals surface area contributed by atoms with Crippen LogP contribution in [-0.4, -0.2) is 33.4 Å². The van der Waals surface area contributed by atoms with Gasteiger partial charge in [-0.1, -0.05) is 71.6 Å². The van der Waals surface area contributed by atoms with E-state index in [-0.39, 0.29) is 12.8 Å². The quantitative estimate of drug-likeness (QED) is 0.260. The first-order chi connectivity index (χ1) is 10.4. The van der Waals surface area contributed by atoms with Gasteiger partial charge in [0.1, 0.15) is 0 Å². The number of hydrogen-bond donors (Lipinski definition) is 3. The SMILES string of the molecule is CCCCCCCCCCCCC(=O)OC(CC)C(O)(O)O. The Morgan fingerprint density at radius 1 is 0.864 bits per heavy atom. The number of carbonyl (C=O) groups is 1. The second-order valence-electron chi connectivity index (χ2n) is 6.01. The molecule has 0 aliphatic heterocycles. The van der Waals surface area contributed by atoms with E-state index in [0.29, 0.717) is 0 Å². The zero-order chi connectivity index (χ0) is 16.8. The molecule has 0 heterocycles. The molecule has 0 saturated carbocycles. The number of ether oxygens (including phenoxy) is 1. The molecule has 5 heteroatoms. The summed E-state index contributed by atoms with van der Waals surface area (Å²) < 4.78 is 4.86. The van der Waals surface area contributed by atoms with Gasteiger partial charge in [-0.15, -0.1) is 0 Å². The topological polar surface area (TPSA) is 87.0 Å². The van der Waals surface area contributed by atoms with Crippen LogP contribution < -0.4 is 0 Å². The molecule has 0 aromatic carbocycles. The molecule has 0 aromatic heterocycles. The lowest BCUT2D eigenvalue weighted by Crippen LogP contribution is -2.44. The summed E-state index contributed by atoms with van der Waals surface area (Å²) in [6.07, 6.45) is 11.0. The summed E-state index contributed by atoms with van der Waals surface area (Å²) in [5.74, 6) is -3.45. The highest BCUT2D eigenvalue weighted by atomic mass is 16.7. The predicted molar refractivity (Wildman–Crippen MR) is 86.0 cm³/mol. The van der Waals surface area contributed by atoms with E-state index in [1.54, 1.807) is 6.92 Å². The average Bonchev–Trinajstić information content (AvgIpc) is 2.45. The highest BCUT2D eigenvalue weighted by Crippen LogP contribution is 2.14. The third-order valence-electron chi connectivity index (χ3n) is 3.81. The second-order valence-corrected chi connectivity index (χ2v) is 6.01. The molecule has 0 amide bonds. The lowest BCUT2D eigenvalue weighted by molar-refractivity contribution is -0.356. The molecule has 0 fully saturated rings. The van der Waals surface area contributed by atoms with Crippen LogP contribution in [0.25, 0.3) is 0 Å². The van der Waals surface area contributed by atoms with E-state index in [1.165, 1.54) is 44.9 Å². The highest BCUT2D eigenvalue weighted by molar-refractivity contribution is 5.69. The van der Waals surface area contributed by atoms with Gasteiger partial charge in [-0.25, -0.2) is 0 Å². The predicted octanol–water partition coefficient (Wildman–Crippen LogP) is 3.25. The standard InChI is InChI=1S/C17H34O5/c1-3-5-6-7-8-9-10-11-12-13-14-16(18)22-15(4-2)17(19,20)21/h15,19-21H,3-14H2,1-2H3. The van der Waals surface area contributed by atoms with Gasteiger partial charge in [0.05, 0.1) is 0 Å². The van der Waals surface area contributed by atoms with Crippen molar-refractivity contribution in [2.75, 3.05) is 0 Å². The van der Waals surface area contributed by atoms with Crippen molar-refractivity contribution in [1.29, 1.82) is 0 Å². The van der Waals surface area contributed by atoms with Gasteiger partial charge in [-0.3, -0.25) is 4.79 Å². The van der Waals surface area contributed by atoms with Crippen LogP contribution in [0.5, 0.6) is 0 Å². The third-order valence-corrected chi connectivity index (χ3v) is 3.81. The normalized spacial score (nSPS) is 13.1. The summed E-state index contributed by atoms with van der Waals surface area (Å²) in [7, 11) is 0. The molecule has 1 unspecified atom stereocenters. The first-order valence-electron chi connectivity index (χ1n) is 8.78. The zero-order valence-corrected chi connectivity index (χ0v) is 14.2. The number of unbranched alkanes of at least 4 members (excludes halogenated alkanes) is 9. The minimum absolute atomic E-state index is 0.146. The van der Waals surface area contributed by atoms with E-state index < -0.39 is 18.0 Å². The van der Waals surface area contributed by atoms with E-state index in [9.17, 15) is 4.79 Å². The Balaban J connectivity index is 3.49. The van der Waals surface area contributed by atoms with Gasteiger partial charge < -0.3 is 20.1 Å². The van der Waals surface area contributed by atoms with E-state index in [1.807, 2.05) is 0 Å². The summed E-state index contributed by atoms with van der Waals surface area (Å²) in [6, 6.07) is 0. The fraction of sp³-hybridized carbons (Fsp3) is 0.941. The Labute approximate surface area is 134 Å². The molecule has 132 valence electrons. The lowest BCUT2D eigenvalue weighted by Gasteiger charge is -2.24. The molecule has 0 bridgehead atoms. The van der Waals surface area contributed by atoms with Gasteiger partial charge in [0, 0.05) is 6.42 Å². The summed E-state index contributed by atoms with van der Waals surface area (Å²) in [6.45, 7) is 3.82. The Hall–Kier alpha value is -0.650. The third kappa shape index (κ3) is 12.0. The Morgan fingerprint density at radius 2 is 1.32 bits per heavy atom. The molecular weight excluding hydrogens is 284 g/mol. The van der Waals surface area contributed by atoms with E-state index in [2.05, 4.69) is 6.92 Å². The molecule has 0 rings (SSSR count). The number of esters is 1. The fourth-order valence-corrected chi connectivity index (χ4v) is 2.41. The van der Waals surface area contributed by atoms with Gasteiger partial charge >= 0.3 is 11.9 Å². The van der Waals surface area contributed by atoms with Gasteiger partial charge in [0.2, 0.25) is 0 Å². The minimum atomic E-state index is -2.96. The van der Waals surface area contributed by atoms with Gasteiger partial charge in [-0.2, -0.15) is 0 Å². The summed E-state index contributed by atoms with van der Waals surface area (Å²) in [5.41, 5.74) is 0. The molecule has 0 radical (unpaired) electrons. The maximum Gasteiger partial charge on any atom is 0.314 e. The van der Waals surface area contributed by atoms with E-state index >= 15 is 0 Å². The van der Waals surface area contributed by atoms with Crippen molar-refractivity contribution >= 4 is 5.97 Å². The molecule has 5 nitrogen and oxygen atoms in total. The fourth-order valence-electron chi connectivity index (χ4n) is 2.41. The number of hydrogen-bond acceptors (Lipinski definition) is 5. The Morgan fingerprint density at radius 3 is 1.73 bits per heavy atom. The van der Waals surface area contributed by atoms with E-state index in [0.717, 1.165) is 19.3 Å². The first kappa shape index (κ1) is 21.4. The van der Waals surface area contributed by atoms with Crippen LogP contribution in [0.2, 0.25) is 0 Å². The Bertz CT molecular complexity index is 273. The maximum atomic E-state index is 11.5. The van der Waals surface area contributed by atoms with Gasteiger partial charge in [0.15, 0.2) is 6.10 Å². The van der Waals surface area contributed by atoms with Crippen LogP contribution in [0.3, 0.4) is 0 Å². The zero-order valence-electron chi connectivity index (χ0n) is 14.2. The van der Waals surface area contributed by atoms with Crippen LogP contribution in [-0.2, 0) is 9.53 Å². The van der Waals surface area contributed by atoms with Crippen molar-refractivity contribution in [2.24, 2.45) is 0 Å². The highest BCUT2D eigenvalue weighted by Gasteiger charge is 2.33. The minimum Gasteiger partial charge on any atom is -0.454 e. The van der Waals surface area contributed by atoms with Crippen molar-refractivity contribution in [1.82, 2.24) is 0 Å². The number of carbonyl (C=O) groups excluding carboxylic acids is 1. The van der Waals surface area contributed by atoms with Crippen LogP contribution in [0.15, 0.2) is 0 Å². The molecule has 0 aliphatic carbocycles. The van der Waals surface area contributed by atoms with Gasteiger partial charge in [0.25, 0.3) is 0 Å². The largest absolute Gasteiger partial charge is 0.454 e. The molecule has 0 spiro atoms. The summed E-state index contributed by atoms with van der Waals surface area (Å²) in [4.78, 5) is 11.5. The monoisotopic (exact) mass is 318 g/mol. The molecule has 3 N–H and O–H groups in total. The van der Waals surface area contributed by atoms with Gasteiger partial charge in [-0.05, 0) is 12.8 Å². The molecular formula is C17H34O5. The average molecular weight is 318 g/mol. The van der Waals surface area contributed by atoms with Crippen molar-refractivity contribution in [3.05, 3.63) is 0 Å². The molecule has 1 atom stereocenters. The van der Waals surface area contributed by atoms with Crippen LogP contribution in [0.1, 0.15) is 90.9 Å². The molecule has 22 heavy (non-hydrogen) atoms. The summed E-state index contributed by atoms with van der Waals surface area (Å²) >= 11 is 0. The smallest absolute Gasteiger partial charge is 0.314 e. The van der Waals surface area contributed by atoms with Crippen molar-refractivity contribution in [3.63, 3.8) is 0 Å². The lowest BCUT2D eigenvalue weighted by atomic mass is 10.1. The molecule has 0 saturated heterocycles. The number of aliphatic hydroxyl groups is 3. The van der Waals surface area contributed by atoms with Crippen molar-refractivity contribution in [2.45, 2.75) is 103 Å². The first-order valence-corrected chi connectivity index (χ1v) is 8.78. The summed E-state index contributed by atoms with van der Waals surface area (Å²) in [5, 5.41) is 27.0. The second kappa shape index (κ2) is 12.9. The van der Waals surface area contributed by atoms with Crippen molar-refractivity contribution < 1.29 is 24.9 Å². The van der Waals surface area contributed by atoms with Crippen molar-refractivity contribution in [3.8, 4) is 0 Å².